The van der Waals surface area contributed by atoms with Gasteiger partial charge in [0.05, 0.1) is 0 Å². The van der Waals surface area contributed by atoms with Gasteiger partial charge in [0, 0.05) is 26.1 Å². The maximum Gasteiger partial charge on any atom is 0.319 e. The first-order valence-electron chi connectivity index (χ1n) is 8.86. The van der Waals surface area contributed by atoms with Crippen molar-refractivity contribution in [3.8, 4) is 11.5 Å². The molecule has 0 saturated carbocycles. The minimum Gasteiger partial charge on any atom is -0.423 e. The molecular formula is C21H24N2O5. The number of esters is 2. The minimum absolute atomic E-state index is 0.166. The number of amides is 2. The zero-order chi connectivity index (χ0) is 20.7. The summed E-state index contributed by atoms with van der Waals surface area (Å²) in [6.07, 6.45) is 0.509. The predicted molar refractivity (Wildman–Crippen MR) is 106 cm³/mol. The largest absolute Gasteiger partial charge is 0.423 e. The van der Waals surface area contributed by atoms with Crippen LogP contribution < -0.4 is 20.1 Å². The number of benzene rings is 2. The summed E-state index contributed by atoms with van der Waals surface area (Å²) in [5, 5.41) is 5.57. The third-order valence-corrected chi connectivity index (χ3v) is 3.98. The van der Waals surface area contributed by atoms with E-state index in [0.717, 1.165) is 22.4 Å². The van der Waals surface area contributed by atoms with Crippen LogP contribution in [-0.4, -0.2) is 24.5 Å². The Balaban J connectivity index is 1.94. The highest BCUT2D eigenvalue weighted by molar-refractivity contribution is 5.89. The van der Waals surface area contributed by atoms with Crippen molar-refractivity contribution in [1.29, 1.82) is 0 Å². The summed E-state index contributed by atoms with van der Waals surface area (Å²) in [6.45, 7) is 6.91. The van der Waals surface area contributed by atoms with Crippen LogP contribution in [0.3, 0.4) is 0 Å². The lowest BCUT2D eigenvalue weighted by molar-refractivity contribution is -0.134. The average Bonchev–Trinajstić information content (AvgIpc) is 2.59. The number of carbonyl (C=O) groups is 3. The summed E-state index contributed by atoms with van der Waals surface area (Å²) in [5.41, 5.74) is 3.80. The van der Waals surface area contributed by atoms with E-state index in [1.807, 2.05) is 32.0 Å². The molecule has 2 amide bonds. The van der Waals surface area contributed by atoms with Gasteiger partial charge in [-0.2, -0.15) is 0 Å². The minimum atomic E-state index is -0.517. The van der Waals surface area contributed by atoms with Crippen molar-refractivity contribution in [3.63, 3.8) is 0 Å². The Morgan fingerprint density at radius 2 is 1.54 bits per heavy atom. The molecule has 0 saturated heterocycles. The summed E-state index contributed by atoms with van der Waals surface area (Å²) in [4.78, 5) is 34.4. The van der Waals surface area contributed by atoms with Gasteiger partial charge in [-0.25, -0.2) is 4.79 Å². The number of rotatable bonds is 6. The number of nitrogens with one attached hydrogen (secondary N) is 2. The van der Waals surface area contributed by atoms with Crippen LogP contribution in [0.1, 0.15) is 30.5 Å². The van der Waals surface area contributed by atoms with Gasteiger partial charge in [-0.15, -0.1) is 0 Å². The lowest BCUT2D eigenvalue weighted by Crippen LogP contribution is -2.30. The van der Waals surface area contributed by atoms with E-state index >= 15 is 0 Å². The number of carbonyl (C=O) groups excluding carboxylic acids is 3. The molecule has 0 atom stereocenters. The second kappa shape index (κ2) is 9.55. The maximum absolute atomic E-state index is 12.0. The predicted octanol–water partition coefficient (Wildman–Crippen LogP) is 3.52. The lowest BCUT2D eigenvalue weighted by atomic mass is 10.1. The molecule has 0 unspecified atom stereocenters. The molecule has 7 heteroatoms. The molecule has 0 aliphatic heterocycles. The fraction of sp³-hybridized carbons (Fsp3) is 0.286. The molecule has 2 rings (SSSR count). The first-order chi connectivity index (χ1) is 13.2. The molecule has 0 heterocycles. The van der Waals surface area contributed by atoms with Gasteiger partial charge in [0.15, 0.2) is 11.5 Å². The van der Waals surface area contributed by atoms with E-state index in [2.05, 4.69) is 10.6 Å². The van der Waals surface area contributed by atoms with Crippen LogP contribution in [0.4, 0.5) is 10.5 Å². The van der Waals surface area contributed by atoms with Crippen LogP contribution in [-0.2, 0) is 16.0 Å². The maximum atomic E-state index is 12.0. The molecule has 2 N–H and O–H groups in total. The zero-order valence-corrected chi connectivity index (χ0v) is 16.4. The van der Waals surface area contributed by atoms with E-state index in [0.29, 0.717) is 13.0 Å². The van der Waals surface area contributed by atoms with Crippen molar-refractivity contribution >= 4 is 23.7 Å². The van der Waals surface area contributed by atoms with Crippen LogP contribution >= 0.6 is 0 Å². The Labute approximate surface area is 164 Å². The molecule has 0 spiro atoms. The highest BCUT2D eigenvalue weighted by Crippen LogP contribution is 2.29. The van der Waals surface area contributed by atoms with Gasteiger partial charge in [0.25, 0.3) is 0 Å². The molecule has 28 heavy (non-hydrogen) atoms. The third kappa shape index (κ3) is 6.42. The second-order valence-electron chi connectivity index (χ2n) is 6.40. The summed E-state index contributed by atoms with van der Waals surface area (Å²) < 4.78 is 10.1. The van der Waals surface area contributed by atoms with Crippen molar-refractivity contribution in [3.05, 3.63) is 53.1 Å². The molecule has 0 radical (unpaired) electrons. The highest BCUT2D eigenvalue weighted by Gasteiger charge is 2.11. The molecule has 0 fully saturated rings. The van der Waals surface area contributed by atoms with E-state index in [1.165, 1.54) is 13.8 Å². The molecule has 0 bridgehead atoms. The summed E-state index contributed by atoms with van der Waals surface area (Å²) in [7, 11) is 0. The van der Waals surface area contributed by atoms with Gasteiger partial charge in [-0.1, -0.05) is 12.1 Å². The molecule has 0 aliphatic rings. The van der Waals surface area contributed by atoms with Crippen LogP contribution in [0, 0.1) is 13.8 Å². The molecule has 2 aromatic carbocycles. The van der Waals surface area contributed by atoms with Crippen molar-refractivity contribution in [2.24, 2.45) is 0 Å². The van der Waals surface area contributed by atoms with Gasteiger partial charge >= 0.3 is 18.0 Å². The number of hydrogen-bond acceptors (Lipinski definition) is 5. The van der Waals surface area contributed by atoms with E-state index in [4.69, 9.17) is 9.47 Å². The first kappa shape index (κ1) is 21.0. The van der Waals surface area contributed by atoms with Crippen LogP contribution in [0.5, 0.6) is 11.5 Å². The number of ether oxygens (including phenoxy) is 2. The Kier molecular flexibility index (Phi) is 7.14. The van der Waals surface area contributed by atoms with Gasteiger partial charge in [-0.05, 0) is 61.2 Å². The van der Waals surface area contributed by atoms with Gasteiger partial charge < -0.3 is 20.1 Å². The molecule has 2 aromatic rings. The molecule has 0 aromatic heterocycles. The quantitative estimate of drug-likeness (QED) is 0.587. The van der Waals surface area contributed by atoms with E-state index in [9.17, 15) is 14.4 Å². The SMILES string of the molecule is CC(=O)Oc1ccc(CCNC(=O)Nc2ccc(C)c(C)c2)cc1OC(C)=O. The zero-order valence-electron chi connectivity index (χ0n) is 16.4. The lowest BCUT2D eigenvalue weighted by Gasteiger charge is -2.12. The topological polar surface area (TPSA) is 93.7 Å². The van der Waals surface area contributed by atoms with Crippen LogP contribution in [0.2, 0.25) is 0 Å². The average molecular weight is 384 g/mol. The number of hydrogen-bond donors (Lipinski definition) is 2. The number of aryl methyl sites for hydroxylation is 2. The standard InChI is InChI=1S/C21H24N2O5/c1-13-5-7-18(11-14(13)2)23-21(26)22-10-9-17-6-8-19(27-15(3)24)20(12-17)28-16(4)25/h5-8,11-12H,9-10H2,1-4H3,(H2,22,23,26). The van der Waals surface area contributed by atoms with Crippen molar-refractivity contribution in [2.75, 3.05) is 11.9 Å². The van der Waals surface area contributed by atoms with Crippen molar-refractivity contribution in [2.45, 2.75) is 34.1 Å². The molecular weight excluding hydrogens is 360 g/mol. The van der Waals surface area contributed by atoms with Crippen LogP contribution in [0.25, 0.3) is 0 Å². The summed E-state index contributed by atoms with van der Waals surface area (Å²) in [6, 6.07) is 10.3. The van der Waals surface area contributed by atoms with Crippen molar-refractivity contribution < 1.29 is 23.9 Å². The summed E-state index contributed by atoms with van der Waals surface area (Å²) >= 11 is 0. The fourth-order valence-corrected chi connectivity index (χ4v) is 2.50. The molecule has 7 nitrogen and oxygen atoms in total. The molecule has 148 valence electrons. The smallest absolute Gasteiger partial charge is 0.319 e. The molecule has 0 aliphatic carbocycles. The fourth-order valence-electron chi connectivity index (χ4n) is 2.50. The normalized spacial score (nSPS) is 10.1. The Morgan fingerprint density at radius 1 is 0.857 bits per heavy atom. The highest BCUT2D eigenvalue weighted by atomic mass is 16.6. The first-order valence-corrected chi connectivity index (χ1v) is 8.86. The monoisotopic (exact) mass is 384 g/mol. The second-order valence-corrected chi connectivity index (χ2v) is 6.40. The van der Waals surface area contributed by atoms with Crippen molar-refractivity contribution in [1.82, 2.24) is 5.32 Å². The van der Waals surface area contributed by atoms with E-state index in [-0.39, 0.29) is 17.5 Å². The third-order valence-electron chi connectivity index (χ3n) is 3.98. The van der Waals surface area contributed by atoms with E-state index in [1.54, 1.807) is 18.2 Å². The number of anilines is 1. The summed E-state index contributed by atoms with van der Waals surface area (Å²) in [5.74, 6) is -0.686. The number of urea groups is 1. The Bertz CT molecular complexity index is 892. The van der Waals surface area contributed by atoms with E-state index < -0.39 is 11.9 Å². The van der Waals surface area contributed by atoms with Crippen LogP contribution in [0.15, 0.2) is 36.4 Å². The van der Waals surface area contributed by atoms with Gasteiger partial charge in [0.1, 0.15) is 0 Å². The Morgan fingerprint density at radius 3 is 2.18 bits per heavy atom. The van der Waals surface area contributed by atoms with Gasteiger partial charge in [-0.3, -0.25) is 9.59 Å². The van der Waals surface area contributed by atoms with Gasteiger partial charge in [0.2, 0.25) is 0 Å². The Hall–Kier alpha value is -3.35.